The van der Waals surface area contributed by atoms with E-state index in [0.29, 0.717) is 6.54 Å². The maximum absolute atomic E-state index is 12.6. The van der Waals surface area contributed by atoms with Gasteiger partial charge in [-0.25, -0.2) is 9.78 Å². The molecule has 8 nitrogen and oxygen atoms in total. The molecule has 0 unspecified atom stereocenters. The lowest BCUT2D eigenvalue weighted by Gasteiger charge is -2.28. The van der Waals surface area contributed by atoms with Crippen LogP contribution in [0.2, 0.25) is 0 Å². The molecular weight excluding hydrogens is 378 g/mol. The first-order valence-electron chi connectivity index (χ1n) is 9.33. The molecule has 148 valence electrons. The number of hydrogen-bond donors (Lipinski definition) is 1. The molecule has 1 amide bonds. The third-order valence-electron chi connectivity index (χ3n) is 5.85. The molecule has 4 rings (SSSR count). The number of amides is 1. The van der Waals surface area contributed by atoms with Crippen LogP contribution in [0.15, 0.2) is 32.7 Å². The summed E-state index contributed by atoms with van der Waals surface area (Å²) in [6, 6.07) is 2.15. The van der Waals surface area contributed by atoms with Crippen molar-refractivity contribution >= 4 is 28.4 Å². The summed E-state index contributed by atoms with van der Waals surface area (Å²) in [7, 11) is 2.98. The molecular formula is C19H23N5O3S. The summed E-state index contributed by atoms with van der Waals surface area (Å²) < 4.78 is 3.86. The highest BCUT2D eigenvalue weighted by atomic mass is 32.1. The first-order valence-corrected chi connectivity index (χ1v) is 10.3. The minimum absolute atomic E-state index is 0.00665. The number of hydrogen-bond acceptors (Lipinski definition) is 5. The molecule has 1 N–H and O–H groups in total. The standard InChI is InChI=1S/C19H23N5O3S/c1-22-16-15(17(26)23(2)18(22)27)24(12-21-16)9-14(25)20-11-19(6-3-4-7-19)13-5-8-28-10-13/h5,8,10,12H,3-4,6-7,9,11H2,1-2H3,(H,20,25). The van der Waals surface area contributed by atoms with Crippen molar-refractivity contribution in [3.05, 3.63) is 49.6 Å². The third-order valence-corrected chi connectivity index (χ3v) is 6.53. The highest BCUT2D eigenvalue weighted by Crippen LogP contribution is 2.41. The van der Waals surface area contributed by atoms with Crippen molar-refractivity contribution in [2.45, 2.75) is 37.6 Å². The van der Waals surface area contributed by atoms with Crippen molar-refractivity contribution in [2.75, 3.05) is 6.54 Å². The lowest BCUT2D eigenvalue weighted by molar-refractivity contribution is -0.121. The van der Waals surface area contributed by atoms with Crippen molar-refractivity contribution in [3.8, 4) is 0 Å². The van der Waals surface area contributed by atoms with Crippen LogP contribution in [0.3, 0.4) is 0 Å². The van der Waals surface area contributed by atoms with Gasteiger partial charge in [-0.05, 0) is 35.2 Å². The molecule has 3 heterocycles. The van der Waals surface area contributed by atoms with Crippen molar-refractivity contribution in [2.24, 2.45) is 14.1 Å². The van der Waals surface area contributed by atoms with Crippen molar-refractivity contribution in [3.63, 3.8) is 0 Å². The van der Waals surface area contributed by atoms with Gasteiger partial charge in [-0.2, -0.15) is 11.3 Å². The lowest BCUT2D eigenvalue weighted by Crippen LogP contribution is -2.41. The zero-order valence-electron chi connectivity index (χ0n) is 16.0. The molecule has 0 aromatic carbocycles. The van der Waals surface area contributed by atoms with Gasteiger partial charge >= 0.3 is 5.69 Å². The Hall–Kier alpha value is -2.68. The topological polar surface area (TPSA) is 90.9 Å². The Morgan fingerprint density at radius 3 is 2.68 bits per heavy atom. The first-order chi connectivity index (χ1) is 13.4. The number of nitrogens with one attached hydrogen (secondary N) is 1. The summed E-state index contributed by atoms with van der Waals surface area (Å²) in [4.78, 5) is 41.3. The van der Waals surface area contributed by atoms with Gasteiger partial charge in [-0.3, -0.25) is 18.7 Å². The smallest absolute Gasteiger partial charge is 0.332 e. The molecule has 1 aliphatic rings. The second kappa shape index (κ2) is 7.05. The molecule has 0 bridgehead atoms. The van der Waals surface area contributed by atoms with E-state index in [-0.39, 0.29) is 29.0 Å². The fraction of sp³-hybridized carbons (Fsp3) is 0.474. The second-order valence-corrected chi connectivity index (χ2v) is 8.31. The van der Waals surface area contributed by atoms with E-state index in [1.165, 1.54) is 40.9 Å². The van der Waals surface area contributed by atoms with Crippen LogP contribution in [0.4, 0.5) is 0 Å². The fourth-order valence-corrected chi connectivity index (χ4v) is 4.96. The third kappa shape index (κ3) is 2.99. The number of rotatable bonds is 5. The Balaban J connectivity index is 1.55. The summed E-state index contributed by atoms with van der Waals surface area (Å²) in [5.41, 5.74) is 0.958. The molecule has 0 saturated heterocycles. The van der Waals surface area contributed by atoms with Gasteiger partial charge in [0.25, 0.3) is 5.56 Å². The summed E-state index contributed by atoms with van der Waals surface area (Å²) in [6.07, 6.45) is 5.92. The van der Waals surface area contributed by atoms with Gasteiger partial charge in [0, 0.05) is 26.1 Å². The maximum Gasteiger partial charge on any atom is 0.332 e. The number of aryl methyl sites for hydroxylation is 1. The van der Waals surface area contributed by atoms with Crippen LogP contribution in [0, 0.1) is 0 Å². The van der Waals surface area contributed by atoms with E-state index in [0.717, 1.165) is 17.4 Å². The van der Waals surface area contributed by atoms with E-state index in [2.05, 4.69) is 27.1 Å². The molecule has 0 aliphatic heterocycles. The van der Waals surface area contributed by atoms with Gasteiger partial charge in [-0.1, -0.05) is 12.8 Å². The SMILES string of the molecule is Cn1c(=O)c2c(ncn2CC(=O)NCC2(c3ccsc3)CCCC2)n(C)c1=O. The number of thiophene rings is 1. The summed E-state index contributed by atoms with van der Waals surface area (Å²) in [5, 5.41) is 7.31. The van der Waals surface area contributed by atoms with E-state index in [9.17, 15) is 14.4 Å². The molecule has 1 fully saturated rings. The number of carbonyl (C=O) groups excluding carboxylic acids is 1. The Bertz CT molecular complexity index is 1130. The average molecular weight is 401 g/mol. The van der Waals surface area contributed by atoms with Crippen molar-refractivity contribution < 1.29 is 4.79 Å². The molecule has 1 saturated carbocycles. The Kier molecular flexibility index (Phi) is 4.70. The fourth-order valence-electron chi connectivity index (χ4n) is 4.18. The molecule has 28 heavy (non-hydrogen) atoms. The highest BCUT2D eigenvalue weighted by Gasteiger charge is 2.36. The van der Waals surface area contributed by atoms with E-state index < -0.39 is 11.2 Å². The zero-order valence-corrected chi connectivity index (χ0v) is 16.8. The molecule has 3 aromatic heterocycles. The van der Waals surface area contributed by atoms with Crippen LogP contribution in [0.25, 0.3) is 11.2 Å². The summed E-state index contributed by atoms with van der Waals surface area (Å²) in [6.45, 7) is 0.579. The largest absolute Gasteiger partial charge is 0.354 e. The number of imidazole rings is 1. The van der Waals surface area contributed by atoms with Crippen LogP contribution < -0.4 is 16.6 Å². The number of nitrogens with zero attached hydrogens (tertiary/aromatic N) is 4. The normalized spacial score (nSPS) is 15.9. The van der Waals surface area contributed by atoms with E-state index in [1.54, 1.807) is 18.4 Å². The molecule has 0 atom stereocenters. The summed E-state index contributed by atoms with van der Waals surface area (Å²) >= 11 is 1.68. The van der Waals surface area contributed by atoms with Crippen molar-refractivity contribution in [1.29, 1.82) is 0 Å². The monoisotopic (exact) mass is 401 g/mol. The predicted octanol–water partition coefficient (Wildman–Crippen LogP) is 1.12. The number of aromatic nitrogens is 4. The van der Waals surface area contributed by atoms with Crippen molar-refractivity contribution in [1.82, 2.24) is 24.0 Å². The molecule has 0 radical (unpaired) electrons. The van der Waals surface area contributed by atoms with Crippen LogP contribution in [0.5, 0.6) is 0 Å². The Morgan fingerprint density at radius 1 is 1.25 bits per heavy atom. The van der Waals surface area contributed by atoms with Crippen LogP contribution in [-0.4, -0.2) is 31.1 Å². The van der Waals surface area contributed by atoms with E-state index >= 15 is 0 Å². The average Bonchev–Trinajstić information content (AvgIpc) is 3.43. The minimum atomic E-state index is -0.450. The Morgan fingerprint density at radius 2 is 2.00 bits per heavy atom. The molecule has 9 heteroatoms. The van der Waals surface area contributed by atoms with Gasteiger partial charge in [0.05, 0.1) is 6.33 Å². The van der Waals surface area contributed by atoms with E-state index in [4.69, 9.17) is 0 Å². The minimum Gasteiger partial charge on any atom is -0.354 e. The van der Waals surface area contributed by atoms with Gasteiger partial charge < -0.3 is 9.88 Å². The number of fused-ring (bicyclic) bond motifs is 1. The highest BCUT2D eigenvalue weighted by molar-refractivity contribution is 7.08. The molecule has 1 aliphatic carbocycles. The number of carbonyl (C=O) groups is 1. The van der Waals surface area contributed by atoms with Crippen LogP contribution in [0.1, 0.15) is 31.2 Å². The quantitative estimate of drug-likeness (QED) is 0.694. The lowest BCUT2D eigenvalue weighted by atomic mass is 9.80. The molecule has 3 aromatic rings. The van der Waals surface area contributed by atoms with Gasteiger partial charge in [-0.15, -0.1) is 0 Å². The van der Waals surface area contributed by atoms with Gasteiger partial charge in [0.15, 0.2) is 11.2 Å². The Labute approximate surface area is 165 Å². The molecule has 0 spiro atoms. The predicted molar refractivity (Wildman–Crippen MR) is 108 cm³/mol. The van der Waals surface area contributed by atoms with Crippen LogP contribution >= 0.6 is 11.3 Å². The van der Waals surface area contributed by atoms with Crippen LogP contribution in [-0.2, 0) is 30.8 Å². The van der Waals surface area contributed by atoms with Gasteiger partial charge in [0.1, 0.15) is 6.54 Å². The second-order valence-electron chi connectivity index (χ2n) is 7.53. The maximum atomic E-state index is 12.6. The summed E-state index contributed by atoms with van der Waals surface area (Å²) in [5.74, 6) is -0.170. The van der Waals surface area contributed by atoms with E-state index in [1.807, 2.05) is 0 Å². The zero-order chi connectivity index (χ0) is 19.9. The van der Waals surface area contributed by atoms with Gasteiger partial charge in [0.2, 0.25) is 5.91 Å². The first kappa shape index (κ1) is 18.7.